The van der Waals surface area contributed by atoms with Crippen molar-refractivity contribution in [3.63, 3.8) is 0 Å². The van der Waals surface area contributed by atoms with Gasteiger partial charge in [-0.2, -0.15) is 0 Å². The summed E-state index contributed by atoms with van der Waals surface area (Å²) in [6.07, 6.45) is 1.60. The van der Waals surface area contributed by atoms with Gasteiger partial charge in [0.1, 0.15) is 5.82 Å². The van der Waals surface area contributed by atoms with E-state index in [1.54, 1.807) is 37.8 Å². The first kappa shape index (κ1) is 14.8. The molecule has 1 unspecified atom stereocenters. The fourth-order valence-electron chi connectivity index (χ4n) is 2.65. The largest absolute Gasteiger partial charge is 0.388 e. The van der Waals surface area contributed by atoms with Gasteiger partial charge in [0, 0.05) is 6.54 Å². The number of hydrogen-bond donors (Lipinski definition) is 2. The Labute approximate surface area is 118 Å². The van der Waals surface area contributed by atoms with E-state index in [2.05, 4.69) is 5.32 Å². The minimum atomic E-state index is -0.959. The van der Waals surface area contributed by atoms with Crippen LogP contribution in [0, 0.1) is 12.7 Å². The Hall–Kier alpha value is -1.62. The lowest BCUT2D eigenvalue weighted by molar-refractivity contribution is 0.0117. The van der Waals surface area contributed by atoms with E-state index in [0.717, 1.165) is 18.4 Å². The SMILES string of the molecule is Cc1ccc(NC(=O)N2CCCC2C(C)(C)O)c(F)c1. The molecule has 1 fully saturated rings. The molecule has 0 bridgehead atoms. The molecule has 4 nitrogen and oxygen atoms in total. The third-order valence-electron chi connectivity index (χ3n) is 3.70. The summed E-state index contributed by atoms with van der Waals surface area (Å²) in [5.74, 6) is -0.447. The lowest BCUT2D eigenvalue weighted by atomic mass is 9.97. The van der Waals surface area contributed by atoms with Crippen LogP contribution in [-0.4, -0.2) is 34.2 Å². The quantitative estimate of drug-likeness (QED) is 0.875. The minimum Gasteiger partial charge on any atom is -0.388 e. The Morgan fingerprint density at radius 3 is 2.80 bits per heavy atom. The van der Waals surface area contributed by atoms with Crippen LogP contribution in [0.3, 0.4) is 0 Å². The van der Waals surface area contributed by atoms with Crippen molar-refractivity contribution >= 4 is 11.7 Å². The van der Waals surface area contributed by atoms with Crippen molar-refractivity contribution in [2.75, 3.05) is 11.9 Å². The second-order valence-electron chi connectivity index (χ2n) is 5.92. The van der Waals surface area contributed by atoms with Crippen LogP contribution in [0.4, 0.5) is 14.9 Å². The molecule has 0 spiro atoms. The van der Waals surface area contributed by atoms with Gasteiger partial charge < -0.3 is 15.3 Å². The van der Waals surface area contributed by atoms with Crippen molar-refractivity contribution in [1.82, 2.24) is 4.90 Å². The van der Waals surface area contributed by atoms with Crippen LogP contribution in [0.15, 0.2) is 18.2 Å². The molecule has 2 rings (SSSR count). The number of rotatable bonds is 2. The number of carbonyl (C=O) groups is 1. The number of halogens is 1. The van der Waals surface area contributed by atoms with E-state index in [1.807, 2.05) is 0 Å². The highest BCUT2D eigenvalue weighted by Gasteiger charge is 2.38. The van der Waals surface area contributed by atoms with Crippen LogP contribution in [-0.2, 0) is 0 Å². The molecule has 20 heavy (non-hydrogen) atoms. The molecule has 0 aliphatic carbocycles. The zero-order chi connectivity index (χ0) is 14.9. The van der Waals surface area contributed by atoms with Crippen LogP contribution in [0.5, 0.6) is 0 Å². The lowest BCUT2D eigenvalue weighted by Gasteiger charge is -2.33. The topological polar surface area (TPSA) is 52.6 Å². The summed E-state index contributed by atoms with van der Waals surface area (Å²) in [5, 5.41) is 12.7. The molecule has 0 radical (unpaired) electrons. The van der Waals surface area contributed by atoms with Gasteiger partial charge in [0.05, 0.1) is 17.3 Å². The first-order valence-corrected chi connectivity index (χ1v) is 6.85. The molecule has 5 heteroatoms. The average molecular weight is 280 g/mol. The summed E-state index contributed by atoms with van der Waals surface area (Å²) in [5.41, 5.74) is 0.0117. The number of anilines is 1. The molecule has 1 aromatic rings. The molecular formula is C15H21FN2O2. The van der Waals surface area contributed by atoms with Gasteiger partial charge in [-0.1, -0.05) is 6.07 Å². The zero-order valence-corrected chi connectivity index (χ0v) is 12.1. The molecule has 2 N–H and O–H groups in total. The second-order valence-corrected chi connectivity index (χ2v) is 5.92. The minimum absolute atomic E-state index is 0.169. The molecule has 0 saturated carbocycles. The Balaban J connectivity index is 2.12. The predicted molar refractivity (Wildman–Crippen MR) is 76.2 cm³/mol. The molecule has 2 amide bonds. The van der Waals surface area contributed by atoms with Gasteiger partial charge in [0.15, 0.2) is 0 Å². The first-order chi connectivity index (χ1) is 9.29. The number of nitrogens with one attached hydrogen (secondary N) is 1. The first-order valence-electron chi connectivity index (χ1n) is 6.85. The monoisotopic (exact) mass is 280 g/mol. The summed E-state index contributed by atoms with van der Waals surface area (Å²) >= 11 is 0. The maximum Gasteiger partial charge on any atom is 0.322 e. The number of benzene rings is 1. The summed E-state index contributed by atoms with van der Waals surface area (Å²) < 4.78 is 13.7. The normalized spacial score (nSPS) is 19.2. The molecule has 110 valence electrons. The molecule has 1 atom stereocenters. The maximum absolute atomic E-state index is 13.7. The van der Waals surface area contributed by atoms with E-state index in [-0.39, 0.29) is 17.8 Å². The highest BCUT2D eigenvalue weighted by atomic mass is 19.1. The average Bonchev–Trinajstić information content (AvgIpc) is 2.81. The van der Waals surface area contributed by atoms with Crippen molar-refractivity contribution in [3.05, 3.63) is 29.6 Å². The smallest absolute Gasteiger partial charge is 0.322 e. The van der Waals surface area contributed by atoms with Gasteiger partial charge in [0.2, 0.25) is 0 Å². The van der Waals surface area contributed by atoms with Crippen molar-refractivity contribution in [3.8, 4) is 0 Å². The summed E-state index contributed by atoms with van der Waals surface area (Å²) in [6.45, 7) is 5.75. The van der Waals surface area contributed by atoms with Crippen molar-refractivity contribution < 1.29 is 14.3 Å². The van der Waals surface area contributed by atoms with E-state index in [0.29, 0.717) is 6.54 Å². The van der Waals surface area contributed by atoms with Crippen molar-refractivity contribution in [2.24, 2.45) is 0 Å². The third kappa shape index (κ3) is 3.10. The van der Waals surface area contributed by atoms with Crippen molar-refractivity contribution in [2.45, 2.75) is 45.3 Å². The number of likely N-dealkylation sites (tertiary alicyclic amines) is 1. The van der Waals surface area contributed by atoms with Gasteiger partial charge in [0.25, 0.3) is 0 Å². The van der Waals surface area contributed by atoms with Crippen molar-refractivity contribution in [1.29, 1.82) is 0 Å². The number of nitrogens with zero attached hydrogens (tertiary/aromatic N) is 1. The Bertz CT molecular complexity index is 511. The van der Waals surface area contributed by atoms with Crippen LogP contribution in [0.2, 0.25) is 0 Å². The predicted octanol–water partition coefficient (Wildman–Crippen LogP) is 2.90. The highest BCUT2D eigenvalue weighted by molar-refractivity contribution is 5.90. The third-order valence-corrected chi connectivity index (χ3v) is 3.70. The maximum atomic E-state index is 13.7. The highest BCUT2D eigenvalue weighted by Crippen LogP contribution is 2.27. The number of aryl methyl sites for hydroxylation is 1. The number of urea groups is 1. The standard InChI is InChI=1S/C15H21FN2O2/c1-10-6-7-12(11(16)9-10)17-14(19)18-8-4-5-13(18)15(2,3)20/h6-7,9,13,20H,4-5,8H2,1-3H3,(H,17,19). The molecule has 1 aliphatic heterocycles. The number of carbonyl (C=O) groups excluding carboxylic acids is 1. The Kier molecular flexibility index (Phi) is 3.99. The fraction of sp³-hybridized carbons (Fsp3) is 0.533. The van der Waals surface area contributed by atoms with E-state index in [4.69, 9.17) is 0 Å². The molecule has 0 aromatic heterocycles. The van der Waals surface area contributed by atoms with Crippen LogP contribution in [0.25, 0.3) is 0 Å². The van der Waals surface area contributed by atoms with E-state index < -0.39 is 11.4 Å². The Morgan fingerprint density at radius 2 is 2.20 bits per heavy atom. The van der Waals surface area contributed by atoms with Gasteiger partial charge in [-0.25, -0.2) is 9.18 Å². The van der Waals surface area contributed by atoms with Gasteiger partial charge >= 0.3 is 6.03 Å². The molecule has 1 heterocycles. The zero-order valence-electron chi connectivity index (χ0n) is 12.1. The van der Waals surface area contributed by atoms with E-state index >= 15 is 0 Å². The van der Waals surface area contributed by atoms with E-state index in [9.17, 15) is 14.3 Å². The molecule has 1 aromatic carbocycles. The number of amides is 2. The van der Waals surface area contributed by atoms with Gasteiger partial charge in [-0.05, 0) is 51.3 Å². The van der Waals surface area contributed by atoms with Crippen LogP contribution in [0.1, 0.15) is 32.3 Å². The second kappa shape index (κ2) is 5.40. The van der Waals surface area contributed by atoms with Crippen LogP contribution < -0.4 is 5.32 Å². The van der Waals surface area contributed by atoms with Gasteiger partial charge in [-0.3, -0.25) is 0 Å². The fourth-order valence-corrected chi connectivity index (χ4v) is 2.65. The van der Waals surface area contributed by atoms with Crippen LogP contribution >= 0.6 is 0 Å². The van der Waals surface area contributed by atoms with E-state index in [1.165, 1.54) is 6.07 Å². The van der Waals surface area contributed by atoms with Gasteiger partial charge in [-0.15, -0.1) is 0 Å². The number of aliphatic hydroxyl groups is 1. The summed E-state index contributed by atoms with van der Waals surface area (Å²) in [6, 6.07) is 4.08. The molecule has 1 saturated heterocycles. The molecular weight excluding hydrogens is 259 g/mol. The summed E-state index contributed by atoms with van der Waals surface area (Å²) in [7, 11) is 0. The number of hydrogen-bond acceptors (Lipinski definition) is 2. The molecule has 1 aliphatic rings. The Morgan fingerprint density at radius 1 is 1.50 bits per heavy atom. The lowest BCUT2D eigenvalue weighted by Crippen LogP contribution is -2.49. The summed E-state index contributed by atoms with van der Waals surface area (Å²) in [4.78, 5) is 13.8.